The second kappa shape index (κ2) is 3.95. The van der Waals surface area contributed by atoms with Crippen LogP contribution in [0, 0.1) is 12.7 Å². The lowest BCUT2D eigenvalue weighted by Gasteiger charge is -2.06. The van der Waals surface area contributed by atoms with Gasteiger partial charge in [0.2, 0.25) is 5.91 Å². The summed E-state index contributed by atoms with van der Waals surface area (Å²) in [5, 5.41) is 2.80. The molecule has 1 heterocycles. The molecule has 1 N–H and O–H groups in total. The van der Waals surface area contributed by atoms with Crippen molar-refractivity contribution in [2.24, 2.45) is 0 Å². The van der Waals surface area contributed by atoms with Crippen LogP contribution in [0.3, 0.4) is 0 Å². The molecular weight excluding hydrogens is 229 g/mol. The van der Waals surface area contributed by atoms with Crippen LogP contribution in [-0.2, 0) is 11.2 Å². The summed E-state index contributed by atoms with van der Waals surface area (Å²) in [5.74, 6) is -0.172. The average molecular weight is 241 g/mol. The first kappa shape index (κ1) is 11.0. The zero-order valence-electron chi connectivity index (χ0n) is 9.96. The van der Waals surface area contributed by atoms with Gasteiger partial charge in [-0.25, -0.2) is 4.39 Å². The third-order valence-corrected chi connectivity index (χ3v) is 3.22. The van der Waals surface area contributed by atoms with Crippen LogP contribution in [0.5, 0.6) is 0 Å². The van der Waals surface area contributed by atoms with Crippen molar-refractivity contribution in [2.45, 2.75) is 13.3 Å². The number of rotatable bonds is 1. The van der Waals surface area contributed by atoms with Gasteiger partial charge in [0.15, 0.2) is 0 Å². The number of hydrogen-bond donors (Lipinski definition) is 1. The van der Waals surface area contributed by atoms with Crippen LogP contribution in [-0.4, -0.2) is 5.91 Å². The Morgan fingerprint density at radius 2 is 1.83 bits per heavy atom. The summed E-state index contributed by atoms with van der Waals surface area (Å²) in [5.41, 5.74) is 4.48. The normalized spacial score (nSPS) is 13.3. The SMILES string of the molecule is Cc1cc(-c2ccc3c(c2)CC(=O)N3)ccc1F. The Morgan fingerprint density at radius 3 is 2.61 bits per heavy atom. The molecule has 0 radical (unpaired) electrons. The standard InChI is InChI=1S/C15H12FNO/c1-9-6-10(2-4-13(9)16)11-3-5-14-12(7-11)8-15(18)17-14/h2-7H,8H2,1H3,(H,17,18). The molecule has 0 saturated carbocycles. The maximum absolute atomic E-state index is 13.2. The number of nitrogens with one attached hydrogen (secondary N) is 1. The van der Waals surface area contributed by atoms with Crippen LogP contribution in [0.4, 0.5) is 10.1 Å². The highest BCUT2D eigenvalue weighted by atomic mass is 19.1. The summed E-state index contributed by atoms with van der Waals surface area (Å²) in [4.78, 5) is 11.3. The molecule has 0 atom stereocenters. The summed E-state index contributed by atoms with van der Waals surface area (Å²) < 4.78 is 13.2. The summed E-state index contributed by atoms with van der Waals surface area (Å²) in [6.07, 6.45) is 0.420. The number of carbonyl (C=O) groups is 1. The van der Waals surface area contributed by atoms with Gasteiger partial charge in [0.25, 0.3) is 0 Å². The highest BCUT2D eigenvalue weighted by Crippen LogP contribution is 2.29. The highest BCUT2D eigenvalue weighted by molar-refractivity contribution is 5.99. The van der Waals surface area contributed by atoms with Gasteiger partial charge < -0.3 is 5.32 Å². The van der Waals surface area contributed by atoms with Gasteiger partial charge in [-0.2, -0.15) is 0 Å². The van der Waals surface area contributed by atoms with Crippen LogP contribution in [0.2, 0.25) is 0 Å². The number of benzene rings is 2. The van der Waals surface area contributed by atoms with E-state index in [0.29, 0.717) is 12.0 Å². The Morgan fingerprint density at radius 1 is 1.11 bits per heavy atom. The Labute approximate surface area is 104 Å². The predicted octanol–water partition coefficient (Wildman–Crippen LogP) is 3.30. The molecule has 0 spiro atoms. The molecule has 90 valence electrons. The molecule has 2 aromatic rings. The number of halogens is 1. The molecule has 0 aromatic heterocycles. The lowest BCUT2D eigenvalue weighted by Crippen LogP contribution is -2.03. The van der Waals surface area contributed by atoms with Crippen LogP contribution in [0.1, 0.15) is 11.1 Å². The number of anilines is 1. The summed E-state index contributed by atoms with van der Waals surface area (Å²) >= 11 is 0. The van der Waals surface area contributed by atoms with Gasteiger partial charge in [-0.15, -0.1) is 0 Å². The highest BCUT2D eigenvalue weighted by Gasteiger charge is 2.17. The van der Waals surface area contributed by atoms with Gasteiger partial charge >= 0.3 is 0 Å². The quantitative estimate of drug-likeness (QED) is 0.815. The van der Waals surface area contributed by atoms with E-state index >= 15 is 0 Å². The first-order valence-corrected chi connectivity index (χ1v) is 5.83. The van der Waals surface area contributed by atoms with Crippen molar-refractivity contribution < 1.29 is 9.18 Å². The van der Waals surface area contributed by atoms with Crippen LogP contribution in [0.25, 0.3) is 11.1 Å². The van der Waals surface area contributed by atoms with Gasteiger partial charge in [0.05, 0.1) is 6.42 Å². The molecule has 0 aliphatic carbocycles. The van der Waals surface area contributed by atoms with Crippen molar-refractivity contribution in [3.8, 4) is 11.1 Å². The zero-order valence-corrected chi connectivity index (χ0v) is 9.96. The van der Waals surface area contributed by atoms with E-state index in [1.807, 2.05) is 24.3 Å². The fourth-order valence-electron chi connectivity index (χ4n) is 2.23. The Balaban J connectivity index is 2.05. The number of fused-ring (bicyclic) bond motifs is 1. The van der Waals surface area contributed by atoms with E-state index in [-0.39, 0.29) is 11.7 Å². The van der Waals surface area contributed by atoms with E-state index in [1.165, 1.54) is 6.07 Å². The summed E-state index contributed by atoms with van der Waals surface area (Å²) in [6.45, 7) is 1.75. The van der Waals surface area contributed by atoms with Crippen molar-refractivity contribution in [1.82, 2.24) is 0 Å². The van der Waals surface area contributed by atoms with Crippen LogP contribution >= 0.6 is 0 Å². The average Bonchev–Trinajstić information content (AvgIpc) is 2.71. The summed E-state index contributed by atoms with van der Waals surface area (Å²) in [7, 11) is 0. The predicted molar refractivity (Wildman–Crippen MR) is 68.9 cm³/mol. The van der Waals surface area contributed by atoms with E-state index in [9.17, 15) is 9.18 Å². The van der Waals surface area contributed by atoms with E-state index in [0.717, 1.165) is 22.4 Å². The van der Waals surface area contributed by atoms with Crippen molar-refractivity contribution in [1.29, 1.82) is 0 Å². The van der Waals surface area contributed by atoms with Gasteiger partial charge in [-0.05, 0) is 53.4 Å². The molecule has 3 heteroatoms. The van der Waals surface area contributed by atoms with Crippen molar-refractivity contribution >= 4 is 11.6 Å². The molecule has 1 aliphatic heterocycles. The number of aryl methyl sites for hydroxylation is 1. The lowest BCUT2D eigenvalue weighted by molar-refractivity contribution is -0.115. The molecule has 3 rings (SSSR count). The molecule has 0 unspecified atom stereocenters. The molecule has 1 aliphatic rings. The van der Waals surface area contributed by atoms with Crippen molar-refractivity contribution in [3.63, 3.8) is 0 Å². The fourth-order valence-corrected chi connectivity index (χ4v) is 2.23. The first-order valence-electron chi connectivity index (χ1n) is 5.83. The minimum absolute atomic E-state index is 0.0254. The Kier molecular flexibility index (Phi) is 2.40. The van der Waals surface area contributed by atoms with E-state index in [2.05, 4.69) is 5.32 Å². The fraction of sp³-hybridized carbons (Fsp3) is 0.133. The molecule has 2 nitrogen and oxygen atoms in total. The van der Waals surface area contributed by atoms with Gasteiger partial charge in [0, 0.05) is 5.69 Å². The van der Waals surface area contributed by atoms with Gasteiger partial charge in [0.1, 0.15) is 5.82 Å². The van der Waals surface area contributed by atoms with Gasteiger partial charge in [-0.3, -0.25) is 4.79 Å². The first-order chi connectivity index (χ1) is 8.63. The van der Waals surface area contributed by atoms with Crippen LogP contribution in [0.15, 0.2) is 36.4 Å². The maximum Gasteiger partial charge on any atom is 0.228 e. The molecular formula is C15H12FNO. The smallest absolute Gasteiger partial charge is 0.228 e. The number of carbonyl (C=O) groups excluding carboxylic acids is 1. The third-order valence-electron chi connectivity index (χ3n) is 3.22. The van der Waals surface area contributed by atoms with E-state index in [4.69, 9.17) is 0 Å². The zero-order chi connectivity index (χ0) is 12.7. The number of hydrogen-bond acceptors (Lipinski definition) is 1. The lowest BCUT2D eigenvalue weighted by atomic mass is 10.00. The molecule has 1 amide bonds. The second-order valence-electron chi connectivity index (χ2n) is 4.56. The third kappa shape index (κ3) is 1.78. The minimum atomic E-state index is -0.197. The second-order valence-corrected chi connectivity index (χ2v) is 4.56. The Bertz CT molecular complexity index is 649. The molecule has 0 fully saturated rings. The van der Waals surface area contributed by atoms with Crippen LogP contribution < -0.4 is 5.32 Å². The topological polar surface area (TPSA) is 29.1 Å². The maximum atomic E-state index is 13.2. The molecule has 2 aromatic carbocycles. The molecule has 0 bridgehead atoms. The molecule has 18 heavy (non-hydrogen) atoms. The molecule has 0 saturated heterocycles. The summed E-state index contributed by atoms with van der Waals surface area (Å²) in [6, 6.07) is 10.9. The Hall–Kier alpha value is -2.16. The van der Waals surface area contributed by atoms with Crippen molar-refractivity contribution in [3.05, 3.63) is 53.3 Å². The van der Waals surface area contributed by atoms with Crippen molar-refractivity contribution in [2.75, 3.05) is 5.32 Å². The van der Waals surface area contributed by atoms with E-state index < -0.39 is 0 Å². The number of amides is 1. The minimum Gasteiger partial charge on any atom is -0.326 e. The van der Waals surface area contributed by atoms with E-state index in [1.54, 1.807) is 13.0 Å². The monoisotopic (exact) mass is 241 g/mol. The van der Waals surface area contributed by atoms with Gasteiger partial charge in [-0.1, -0.05) is 12.1 Å². The largest absolute Gasteiger partial charge is 0.326 e.